The molecule has 0 radical (unpaired) electrons. The van der Waals surface area contributed by atoms with Crippen molar-refractivity contribution < 1.29 is 4.79 Å². The molecule has 1 aliphatic rings. The topological polar surface area (TPSA) is 72.1 Å². The van der Waals surface area contributed by atoms with E-state index in [-0.39, 0.29) is 17.1 Å². The van der Waals surface area contributed by atoms with Gasteiger partial charge in [-0.1, -0.05) is 0 Å². The van der Waals surface area contributed by atoms with Gasteiger partial charge in [-0.25, -0.2) is 4.98 Å². The van der Waals surface area contributed by atoms with Crippen molar-refractivity contribution in [2.45, 2.75) is 11.7 Å². The van der Waals surface area contributed by atoms with Gasteiger partial charge in [0.2, 0.25) is 11.9 Å². The molecule has 2 rings (SSSR count). The predicted molar refractivity (Wildman–Crippen MR) is 56.2 cm³/mol. The number of carbonyl (C=O) groups is 1. The van der Waals surface area contributed by atoms with Crippen LogP contribution in [0.15, 0.2) is 12.3 Å². The van der Waals surface area contributed by atoms with Crippen LogP contribution in [0.2, 0.25) is 0 Å². The SMILES string of the molecule is Nc1nccc(N2CC(S)CC2=O)n1. The van der Waals surface area contributed by atoms with E-state index in [4.69, 9.17) is 5.73 Å². The number of amides is 1. The number of nitrogens with zero attached hydrogens (tertiary/aromatic N) is 3. The minimum Gasteiger partial charge on any atom is -0.368 e. The molecule has 2 heterocycles. The smallest absolute Gasteiger partial charge is 0.229 e. The molecule has 1 fully saturated rings. The van der Waals surface area contributed by atoms with Gasteiger partial charge in [0.1, 0.15) is 5.82 Å². The summed E-state index contributed by atoms with van der Waals surface area (Å²) in [5.74, 6) is 0.764. The minimum atomic E-state index is 0.0306. The number of nitrogen functional groups attached to an aromatic ring is 1. The summed E-state index contributed by atoms with van der Waals surface area (Å²) in [4.78, 5) is 20.8. The van der Waals surface area contributed by atoms with Crippen LogP contribution in [-0.4, -0.2) is 27.7 Å². The lowest BCUT2D eigenvalue weighted by atomic mass is 10.4. The van der Waals surface area contributed by atoms with Gasteiger partial charge in [0.05, 0.1) is 0 Å². The van der Waals surface area contributed by atoms with E-state index in [1.807, 2.05) is 0 Å². The third kappa shape index (κ3) is 1.65. The molecular formula is C8H10N4OS. The molecule has 5 nitrogen and oxygen atoms in total. The van der Waals surface area contributed by atoms with Crippen LogP contribution in [0.1, 0.15) is 6.42 Å². The molecule has 1 unspecified atom stereocenters. The van der Waals surface area contributed by atoms with Crippen molar-refractivity contribution in [3.05, 3.63) is 12.3 Å². The molecule has 1 aromatic rings. The molecule has 0 aliphatic carbocycles. The molecule has 74 valence electrons. The van der Waals surface area contributed by atoms with Crippen LogP contribution in [0.3, 0.4) is 0 Å². The van der Waals surface area contributed by atoms with Gasteiger partial charge in [-0.05, 0) is 6.07 Å². The highest BCUT2D eigenvalue weighted by Gasteiger charge is 2.29. The van der Waals surface area contributed by atoms with Crippen molar-refractivity contribution in [2.24, 2.45) is 0 Å². The number of thiol groups is 1. The van der Waals surface area contributed by atoms with E-state index in [9.17, 15) is 4.79 Å². The van der Waals surface area contributed by atoms with Crippen LogP contribution < -0.4 is 10.6 Å². The van der Waals surface area contributed by atoms with E-state index in [1.165, 1.54) is 6.20 Å². The number of aromatic nitrogens is 2. The summed E-state index contributed by atoms with van der Waals surface area (Å²) in [6, 6.07) is 1.67. The van der Waals surface area contributed by atoms with Crippen molar-refractivity contribution in [3.8, 4) is 0 Å². The predicted octanol–water partition coefficient (Wildman–Crippen LogP) is 0.0939. The average Bonchev–Trinajstić information content (AvgIpc) is 2.45. The summed E-state index contributed by atoms with van der Waals surface area (Å²) in [6.07, 6.45) is 1.99. The molecule has 0 bridgehead atoms. The molecule has 2 N–H and O–H groups in total. The van der Waals surface area contributed by atoms with E-state index in [0.29, 0.717) is 18.8 Å². The Morgan fingerprint density at radius 2 is 2.43 bits per heavy atom. The summed E-state index contributed by atoms with van der Waals surface area (Å²) in [7, 11) is 0. The molecule has 1 amide bonds. The van der Waals surface area contributed by atoms with Crippen LogP contribution in [-0.2, 0) is 4.79 Å². The first-order valence-electron chi connectivity index (χ1n) is 4.24. The second-order valence-electron chi connectivity index (χ2n) is 3.14. The lowest BCUT2D eigenvalue weighted by Crippen LogP contribution is -2.25. The molecule has 1 aliphatic heterocycles. The molecule has 1 saturated heterocycles. The van der Waals surface area contributed by atoms with Crippen LogP contribution in [0.25, 0.3) is 0 Å². The highest BCUT2D eigenvalue weighted by Crippen LogP contribution is 2.21. The number of nitrogens with two attached hydrogens (primary N) is 1. The highest BCUT2D eigenvalue weighted by molar-refractivity contribution is 7.81. The van der Waals surface area contributed by atoms with E-state index in [2.05, 4.69) is 22.6 Å². The fourth-order valence-corrected chi connectivity index (χ4v) is 1.74. The zero-order valence-electron chi connectivity index (χ0n) is 7.42. The van der Waals surface area contributed by atoms with Crippen molar-refractivity contribution in [1.82, 2.24) is 9.97 Å². The van der Waals surface area contributed by atoms with E-state index < -0.39 is 0 Å². The second-order valence-corrected chi connectivity index (χ2v) is 3.87. The molecular weight excluding hydrogens is 200 g/mol. The maximum atomic E-state index is 11.5. The fourth-order valence-electron chi connectivity index (χ4n) is 1.42. The maximum Gasteiger partial charge on any atom is 0.229 e. The monoisotopic (exact) mass is 210 g/mol. The lowest BCUT2D eigenvalue weighted by molar-refractivity contribution is -0.117. The van der Waals surface area contributed by atoms with Crippen LogP contribution in [0.4, 0.5) is 11.8 Å². The molecule has 14 heavy (non-hydrogen) atoms. The first kappa shape index (κ1) is 9.26. The van der Waals surface area contributed by atoms with Crippen molar-refractivity contribution >= 4 is 30.3 Å². The van der Waals surface area contributed by atoms with E-state index in [0.717, 1.165) is 0 Å². The Morgan fingerprint density at radius 1 is 1.64 bits per heavy atom. The Kier molecular flexibility index (Phi) is 2.28. The van der Waals surface area contributed by atoms with Gasteiger partial charge in [0.15, 0.2) is 0 Å². The Balaban J connectivity index is 2.27. The number of hydrogen-bond acceptors (Lipinski definition) is 5. The standard InChI is InChI=1S/C8H10N4OS/c9-8-10-2-1-6(11-8)12-4-5(14)3-7(12)13/h1-2,5,14H,3-4H2,(H2,9,10,11). The molecule has 0 spiro atoms. The first-order valence-corrected chi connectivity index (χ1v) is 4.75. The molecule has 1 aromatic heterocycles. The second kappa shape index (κ2) is 3.45. The molecule has 0 aromatic carbocycles. The summed E-state index contributed by atoms with van der Waals surface area (Å²) < 4.78 is 0. The van der Waals surface area contributed by atoms with Crippen molar-refractivity contribution in [2.75, 3.05) is 17.2 Å². The number of carbonyl (C=O) groups excluding carboxylic acids is 1. The zero-order valence-corrected chi connectivity index (χ0v) is 8.32. The summed E-state index contributed by atoms with van der Waals surface area (Å²) in [5.41, 5.74) is 5.43. The van der Waals surface area contributed by atoms with Crippen LogP contribution in [0.5, 0.6) is 0 Å². The first-order chi connectivity index (χ1) is 6.66. The van der Waals surface area contributed by atoms with Gasteiger partial charge in [-0.15, -0.1) is 0 Å². The summed E-state index contributed by atoms with van der Waals surface area (Å²) >= 11 is 4.25. The van der Waals surface area contributed by atoms with Gasteiger partial charge >= 0.3 is 0 Å². The molecule has 1 atom stereocenters. The van der Waals surface area contributed by atoms with Crippen LogP contribution >= 0.6 is 12.6 Å². The zero-order chi connectivity index (χ0) is 10.1. The lowest BCUT2D eigenvalue weighted by Gasteiger charge is -2.14. The third-order valence-corrected chi connectivity index (χ3v) is 2.39. The quantitative estimate of drug-likeness (QED) is 0.645. The minimum absolute atomic E-state index is 0.0306. The Hall–Kier alpha value is -1.30. The Bertz CT molecular complexity index is 370. The largest absolute Gasteiger partial charge is 0.368 e. The Labute approximate surface area is 86.7 Å². The van der Waals surface area contributed by atoms with Gasteiger partial charge in [-0.3, -0.25) is 9.69 Å². The fraction of sp³-hybridized carbons (Fsp3) is 0.375. The van der Waals surface area contributed by atoms with Crippen LogP contribution in [0, 0.1) is 0 Å². The van der Waals surface area contributed by atoms with E-state index >= 15 is 0 Å². The summed E-state index contributed by atoms with van der Waals surface area (Å²) in [6.45, 7) is 0.582. The van der Waals surface area contributed by atoms with E-state index in [1.54, 1.807) is 11.0 Å². The normalized spacial score (nSPS) is 21.6. The maximum absolute atomic E-state index is 11.5. The average molecular weight is 210 g/mol. The number of hydrogen-bond donors (Lipinski definition) is 2. The van der Waals surface area contributed by atoms with Crippen molar-refractivity contribution in [1.29, 1.82) is 0 Å². The highest BCUT2D eigenvalue weighted by atomic mass is 32.1. The number of anilines is 2. The van der Waals surface area contributed by atoms with Gasteiger partial charge < -0.3 is 5.73 Å². The van der Waals surface area contributed by atoms with Crippen molar-refractivity contribution in [3.63, 3.8) is 0 Å². The number of rotatable bonds is 1. The van der Waals surface area contributed by atoms with Gasteiger partial charge in [0.25, 0.3) is 0 Å². The molecule has 0 saturated carbocycles. The van der Waals surface area contributed by atoms with Gasteiger partial charge in [-0.2, -0.15) is 17.6 Å². The van der Waals surface area contributed by atoms with Gasteiger partial charge in [0, 0.05) is 24.4 Å². The Morgan fingerprint density at radius 3 is 3.00 bits per heavy atom. The summed E-state index contributed by atoms with van der Waals surface area (Å²) in [5, 5.41) is 0.0821. The third-order valence-electron chi connectivity index (χ3n) is 2.04. The molecule has 6 heteroatoms.